The molecule has 2 aromatic carbocycles. The second-order valence-electron chi connectivity index (χ2n) is 8.20. The highest BCUT2D eigenvalue weighted by Gasteiger charge is 2.24. The molecule has 5 nitrogen and oxygen atoms in total. The molecule has 3 N–H and O–H groups in total. The van der Waals surface area contributed by atoms with Gasteiger partial charge in [0.1, 0.15) is 11.6 Å². The number of hydrogen-bond donors (Lipinski definition) is 3. The zero-order valence-electron chi connectivity index (χ0n) is 17.7. The molecule has 31 heavy (non-hydrogen) atoms. The van der Waals surface area contributed by atoms with Crippen LogP contribution in [0.15, 0.2) is 42.6 Å². The van der Waals surface area contributed by atoms with Gasteiger partial charge < -0.3 is 20.9 Å². The summed E-state index contributed by atoms with van der Waals surface area (Å²) < 4.78 is 28.0. The SMILES string of the molecule is CC1CCCCN1CCCNc1ccc(NC=C2C(=O)Nc3ccc(F)cc32)cc1F. The number of carbonyl (C=O) groups is 1. The van der Waals surface area contributed by atoms with E-state index in [4.69, 9.17) is 0 Å². The quantitative estimate of drug-likeness (QED) is 0.429. The molecule has 0 aromatic heterocycles. The van der Waals surface area contributed by atoms with Gasteiger partial charge in [-0.05, 0) is 69.1 Å². The molecule has 1 unspecified atom stereocenters. The monoisotopic (exact) mass is 426 g/mol. The van der Waals surface area contributed by atoms with E-state index >= 15 is 0 Å². The van der Waals surface area contributed by atoms with Gasteiger partial charge in [0.15, 0.2) is 0 Å². The minimum absolute atomic E-state index is 0.309. The molecule has 2 heterocycles. The van der Waals surface area contributed by atoms with Crippen molar-refractivity contribution < 1.29 is 13.6 Å². The smallest absolute Gasteiger partial charge is 0.257 e. The highest BCUT2D eigenvalue weighted by molar-refractivity contribution is 6.31. The second kappa shape index (κ2) is 9.47. The van der Waals surface area contributed by atoms with Crippen molar-refractivity contribution >= 4 is 28.5 Å². The van der Waals surface area contributed by atoms with Crippen LogP contribution in [0.1, 0.15) is 38.2 Å². The van der Waals surface area contributed by atoms with Crippen molar-refractivity contribution in [2.24, 2.45) is 0 Å². The van der Waals surface area contributed by atoms with Gasteiger partial charge in [-0.15, -0.1) is 0 Å². The topological polar surface area (TPSA) is 56.4 Å². The zero-order valence-corrected chi connectivity index (χ0v) is 17.7. The number of carbonyl (C=O) groups excluding carboxylic acids is 1. The third kappa shape index (κ3) is 5.05. The Morgan fingerprint density at radius 1 is 1.19 bits per heavy atom. The lowest BCUT2D eigenvalue weighted by Gasteiger charge is -2.33. The van der Waals surface area contributed by atoms with E-state index in [1.54, 1.807) is 12.1 Å². The Morgan fingerprint density at radius 3 is 2.87 bits per heavy atom. The molecule has 4 rings (SSSR count). The number of rotatable bonds is 7. The van der Waals surface area contributed by atoms with Crippen LogP contribution in [0.3, 0.4) is 0 Å². The van der Waals surface area contributed by atoms with Crippen LogP contribution < -0.4 is 16.0 Å². The first-order valence-corrected chi connectivity index (χ1v) is 10.9. The van der Waals surface area contributed by atoms with E-state index in [1.165, 1.54) is 49.7 Å². The van der Waals surface area contributed by atoms with E-state index in [9.17, 15) is 13.6 Å². The maximum atomic E-state index is 14.5. The van der Waals surface area contributed by atoms with Crippen molar-refractivity contribution in [2.75, 3.05) is 35.6 Å². The molecule has 2 aliphatic heterocycles. The van der Waals surface area contributed by atoms with Crippen LogP contribution in [-0.4, -0.2) is 36.5 Å². The lowest BCUT2D eigenvalue weighted by atomic mass is 10.0. The van der Waals surface area contributed by atoms with Crippen LogP contribution >= 0.6 is 0 Å². The van der Waals surface area contributed by atoms with Gasteiger partial charge >= 0.3 is 0 Å². The molecule has 164 valence electrons. The van der Waals surface area contributed by atoms with Crippen LogP contribution in [0.5, 0.6) is 0 Å². The predicted molar refractivity (Wildman–Crippen MR) is 121 cm³/mol. The fraction of sp³-hybridized carbons (Fsp3) is 0.375. The highest BCUT2D eigenvalue weighted by atomic mass is 19.1. The summed E-state index contributed by atoms with van der Waals surface area (Å²) in [6.45, 7) is 5.16. The largest absolute Gasteiger partial charge is 0.383 e. The summed E-state index contributed by atoms with van der Waals surface area (Å²) in [5.74, 6) is -1.11. The molecular formula is C24H28F2N4O. The van der Waals surface area contributed by atoms with E-state index in [0.29, 0.717) is 40.8 Å². The van der Waals surface area contributed by atoms with Crippen molar-refractivity contribution in [1.82, 2.24) is 4.90 Å². The molecule has 0 bridgehead atoms. The fourth-order valence-corrected chi connectivity index (χ4v) is 4.20. The first kappa shape index (κ1) is 21.3. The molecule has 1 saturated heterocycles. The predicted octanol–water partition coefficient (Wildman–Crippen LogP) is 5.05. The Hall–Kier alpha value is -2.93. The molecule has 0 aliphatic carbocycles. The summed E-state index contributed by atoms with van der Waals surface area (Å²) >= 11 is 0. The summed E-state index contributed by atoms with van der Waals surface area (Å²) in [4.78, 5) is 14.6. The summed E-state index contributed by atoms with van der Waals surface area (Å²) in [6, 6.07) is 9.57. The maximum Gasteiger partial charge on any atom is 0.257 e. The van der Waals surface area contributed by atoms with E-state index in [0.717, 1.165) is 19.5 Å². The van der Waals surface area contributed by atoms with Crippen LogP contribution in [0.2, 0.25) is 0 Å². The van der Waals surface area contributed by atoms with Gasteiger partial charge in [0.25, 0.3) is 5.91 Å². The Bertz CT molecular complexity index is 992. The van der Waals surface area contributed by atoms with Gasteiger partial charge in [-0.3, -0.25) is 4.79 Å². The molecule has 1 atom stereocenters. The Labute approximate surface area is 181 Å². The van der Waals surface area contributed by atoms with Gasteiger partial charge in [-0.1, -0.05) is 6.42 Å². The summed E-state index contributed by atoms with van der Waals surface area (Å²) in [5, 5.41) is 8.79. The van der Waals surface area contributed by atoms with E-state index in [1.807, 2.05) is 0 Å². The third-order valence-corrected chi connectivity index (χ3v) is 5.99. The van der Waals surface area contributed by atoms with Gasteiger partial charge in [0, 0.05) is 42.3 Å². The Morgan fingerprint density at radius 2 is 2.06 bits per heavy atom. The number of hydrogen-bond acceptors (Lipinski definition) is 4. The number of likely N-dealkylation sites (tertiary alicyclic amines) is 1. The first-order valence-electron chi connectivity index (χ1n) is 10.9. The van der Waals surface area contributed by atoms with Crippen molar-refractivity contribution in [2.45, 2.75) is 38.6 Å². The summed E-state index contributed by atoms with van der Waals surface area (Å²) in [6.07, 6.45) is 6.27. The number of nitrogens with one attached hydrogen (secondary N) is 3. The maximum absolute atomic E-state index is 14.5. The molecule has 7 heteroatoms. The van der Waals surface area contributed by atoms with Crippen LogP contribution in [0.4, 0.5) is 25.8 Å². The first-order chi connectivity index (χ1) is 15.0. The molecule has 0 saturated carbocycles. The second-order valence-corrected chi connectivity index (χ2v) is 8.20. The molecule has 1 amide bonds. The van der Waals surface area contributed by atoms with Crippen molar-refractivity contribution in [3.05, 3.63) is 59.8 Å². The number of benzene rings is 2. The number of amides is 1. The zero-order chi connectivity index (χ0) is 21.8. The van der Waals surface area contributed by atoms with Gasteiger partial charge in [-0.2, -0.15) is 0 Å². The van der Waals surface area contributed by atoms with Crippen LogP contribution in [0.25, 0.3) is 5.57 Å². The molecule has 2 aromatic rings. The summed E-state index contributed by atoms with van der Waals surface area (Å²) in [7, 11) is 0. The Kier molecular flexibility index (Phi) is 6.51. The molecule has 2 aliphatic rings. The van der Waals surface area contributed by atoms with Crippen molar-refractivity contribution in [3.63, 3.8) is 0 Å². The average Bonchev–Trinajstić information content (AvgIpc) is 3.06. The van der Waals surface area contributed by atoms with Crippen molar-refractivity contribution in [3.8, 4) is 0 Å². The highest BCUT2D eigenvalue weighted by Crippen LogP contribution is 2.32. The number of fused-ring (bicyclic) bond motifs is 1. The molecular weight excluding hydrogens is 398 g/mol. The number of halogens is 2. The van der Waals surface area contributed by atoms with Crippen LogP contribution in [0, 0.1) is 11.6 Å². The van der Waals surface area contributed by atoms with Gasteiger partial charge in [0.2, 0.25) is 0 Å². The summed E-state index contributed by atoms with van der Waals surface area (Å²) in [5.41, 5.74) is 2.32. The fourth-order valence-electron chi connectivity index (χ4n) is 4.20. The molecule has 1 fully saturated rings. The van der Waals surface area contributed by atoms with E-state index in [-0.39, 0.29) is 11.7 Å². The van der Waals surface area contributed by atoms with Gasteiger partial charge in [-0.25, -0.2) is 8.78 Å². The Balaban J connectivity index is 1.32. The minimum atomic E-state index is -0.419. The number of nitrogens with zero attached hydrogens (tertiary/aromatic N) is 1. The van der Waals surface area contributed by atoms with Gasteiger partial charge in [0.05, 0.1) is 11.3 Å². The normalized spacial score (nSPS) is 19.9. The van der Waals surface area contributed by atoms with Crippen LogP contribution in [-0.2, 0) is 4.79 Å². The molecule has 0 spiro atoms. The molecule has 0 radical (unpaired) electrons. The van der Waals surface area contributed by atoms with E-state index in [2.05, 4.69) is 27.8 Å². The standard InChI is InChI=1S/C24H28F2N4O/c1-16-5-2-3-11-30(16)12-4-10-27-23-9-7-18(14-21(23)26)28-15-20-19-13-17(25)6-8-22(19)29-24(20)31/h6-9,13-16,27-28H,2-5,10-12H2,1H3,(H,29,31). The number of anilines is 3. The van der Waals surface area contributed by atoms with Crippen molar-refractivity contribution in [1.29, 1.82) is 0 Å². The lowest BCUT2D eigenvalue weighted by molar-refractivity contribution is -0.110. The lowest BCUT2D eigenvalue weighted by Crippen LogP contribution is -2.38. The minimum Gasteiger partial charge on any atom is -0.383 e. The number of piperidine rings is 1. The third-order valence-electron chi connectivity index (χ3n) is 5.99. The average molecular weight is 427 g/mol. The van der Waals surface area contributed by atoms with E-state index < -0.39 is 5.82 Å².